The summed E-state index contributed by atoms with van der Waals surface area (Å²) in [7, 11) is 0. The number of rotatable bonds is 3. The molecule has 0 saturated carbocycles. The standard InChI is InChI=1S/C18H22F2N2O3/c19-14-5-11(13-7-12(8-23)21-17(13)24)6-15(20)16(14)22-3-1-18(2-4-22)9-25-10-18/h5-6,12-13,23H,1-4,7-10H2,(H,21,24)/t12?,13-/m1/s1. The largest absolute Gasteiger partial charge is 0.394 e. The Morgan fingerprint density at radius 2 is 1.88 bits per heavy atom. The summed E-state index contributed by atoms with van der Waals surface area (Å²) >= 11 is 0. The maximum Gasteiger partial charge on any atom is 0.227 e. The van der Waals surface area contributed by atoms with Crippen LogP contribution in [0.5, 0.6) is 0 Å². The third-order valence-corrected chi connectivity index (χ3v) is 5.80. The molecule has 0 aromatic heterocycles. The summed E-state index contributed by atoms with van der Waals surface area (Å²) in [6, 6.07) is 2.17. The zero-order valence-electron chi connectivity index (χ0n) is 13.9. The molecule has 25 heavy (non-hydrogen) atoms. The molecule has 1 aromatic carbocycles. The lowest BCUT2D eigenvalue weighted by Crippen LogP contribution is -2.51. The van der Waals surface area contributed by atoms with Crippen LogP contribution in [0.3, 0.4) is 0 Å². The Morgan fingerprint density at radius 1 is 1.24 bits per heavy atom. The van der Waals surface area contributed by atoms with Crippen LogP contribution in [0.4, 0.5) is 14.5 Å². The number of hydrogen-bond donors (Lipinski definition) is 2. The summed E-state index contributed by atoms with van der Waals surface area (Å²) in [4.78, 5) is 13.7. The molecule has 0 bridgehead atoms. The van der Waals surface area contributed by atoms with E-state index < -0.39 is 17.6 Å². The molecule has 0 radical (unpaired) electrons. The average molecular weight is 352 g/mol. The first-order valence-electron chi connectivity index (χ1n) is 8.74. The van der Waals surface area contributed by atoms with Crippen LogP contribution in [-0.2, 0) is 9.53 Å². The van der Waals surface area contributed by atoms with Crippen LogP contribution in [0.2, 0.25) is 0 Å². The summed E-state index contributed by atoms with van der Waals surface area (Å²) < 4.78 is 34.6. The number of ether oxygens (including phenoxy) is 1. The van der Waals surface area contributed by atoms with Crippen LogP contribution in [0.25, 0.3) is 0 Å². The number of nitrogens with one attached hydrogen (secondary N) is 1. The molecule has 1 spiro atoms. The van der Waals surface area contributed by atoms with Gasteiger partial charge in [0.15, 0.2) is 0 Å². The average Bonchev–Trinajstić information content (AvgIpc) is 2.94. The number of hydrogen-bond acceptors (Lipinski definition) is 4. The quantitative estimate of drug-likeness (QED) is 0.866. The minimum Gasteiger partial charge on any atom is -0.394 e. The molecule has 136 valence electrons. The van der Waals surface area contributed by atoms with Crippen molar-refractivity contribution in [1.29, 1.82) is 0 Å². The van der Waals surface area contributed by atoms with Gasteiger partial charge in [0, 0.05) is 18.5 Å². The van der Waals surface area contributed by atoms with E-state index in [4.69, 9.17) is 9.84 Å². The van der Waals surface area contributed by atoms with E-state index in [0.29, 0.717) is 25.1 Å². The van der Waals surface area contributed by atoms with Crippen molar-refractivity contribution < 1.29 is 23.4 Å². The van der Waals surface area contributed by atoms with Crippen molar-refractivity contribution >= 4 is 11.6 Å². The van der Waals surface area contributed by atoms with Crippen LogP contribution < -0.4 is 10.2 Å². The summed E-state index contributed by atoms with van der Waals surface area (Å²) in [6.07, 6.45) is 2.09. The van der Waals surface area contributed by atoms with Crippen molar-refractivity contribution in [3.05, 3.63) is 29.3 Å². The predicted octanol–water partition coefficient (Wildman–Crippen LogP) is 1.55. The zero-order chi connectivity index (χ0) is 17.6. The Hall–Kier alpha value is -1.73. The van der Waals surface area contributed by atoms with Crippen molar-refractivity contribution in [2.75, 3.05) is 37.8 Å². The summed E-state index contributed by atoms with van der Waals surface area (Å²) in [5, 5.41) is 11.8. The van der Waals surface area contributed by atoms with Gasteiger partial charge in [-0.3, -0.25) is 4.79 Å². The number of anilines is 1. The number of nitrogens with zero attached hydrogens (tertiary/aromatic N) is 1. The summed E-state index contributed by atoms with van der Waals surface area (Å²) in [6.45, 7) is 2.52. The van der Waals surface area contributed by atoms with E-state index in [1.165, 1.54) is 12.1 Å². The zero-order valence-corrected chi connectivity index (χ0v) is 13.9. The smallest absolute Gasteiger partial charge is 0.227 e. The molecular formula is C18H22F2N2O3. The highest BCUT2D eigenvalue weighted by molar-refractivity contribution is 5.86. The van der Waals surface area contributed by atoms with Gasteiger partial charge in [0.25, 0.3) is 0 Å². The van der Waals surface area contributed by atoms with Gasteiger partial charge in [-0.15, -0.1) is 0 Å². The van der Waals surface area contributed by atoms with Gasteiger partial charge >= 0.3 is 0 Å². The third-order valence-electron chi connectivity index (χ3n) is 5.80. The van der Waals surface area contributed by atoms with Gasteiger partial charge in [-0.05, 0) is 37.0 Å². The van der Waals surface area contributed by atoms with Gasteiger partial charge < -0.3 is 20.1 Å². The van der Waals surface area contributed by atoms with Crippen molar-refractivity contribution in [3.63, 3.8) is 0 Å². The first kappa shape index (κ1) is 16.7. The number of carbonyl (C=O) groups is 1. The van der Waals surface area contributed by atoms with E-state index in [9.17, 15) is 13.6 Å². The van der Waals surface area contributed by atoms with E-state index in [1.54, 1.807) is 4.90 Å². The number of carbonyl (C=O) groups excluding carboxylic acids is 1. The second kappa shape index (κ2) is 6.21. The third kappa shape index (κ3) is 2.89. The Balaban J connectivity index is 1.54. The van der Waals surface area contributed by atoms with E-state index in [2.05, 4.69) is 5.32 Å². The molecule has 3 saturated heterocycles. The van der Waals surface area contributed by atoms with Crippen LogP contribution >= 0.6 is 0 Å². The second-order valence-electron chi connectivity index (χ2n) is 7.49. The lowest BCUT2D eigenvalue weighted by atomic mass is 9.76. The van der Waals surface area contributed by atoms with Crippen molar-refractivity contribution in [3.8, 4) is 0 Å². The van der Waals surface area contributed by atoms with Gasteiger partial charge in [0.1, 0.15) is 17.3 Å². The van der Waals surface area contributed by atoms with Gasteiger partial charge in [-0.2, -0.15) is 0 Å². The number of benzene rings is 1. The molecule has 2 atom stereocenters. The van der Waals surface area contributed by atoms with E-state index in [1.807, 2.05) is 0 Å². The molecule has 1 unspecified atom stereocenters. The Kier molecular flexibility index (Phi) is 4.16. The molecule has 3 aliphatic rings. The lowest BCUT2D eigenvalue weighted by molar-refractivity contribution is -0.124. The fourth-order valence-electron chi connectivity index (χ4n) is 4.13. The van der Waals surface area contributed by atoms with E-state index in [0.717, 1.165) is 26.1 Å². The van der Waals surface area contributed by atoms with Crippen molar-refractivity contribution in [2.24, 2.45) is 5.41 Å². The van der Waals surface area contributed by atoms with Crippen molar-refractivity contribution in [2.45, 2.75) is 31.2 Å². The Morgan fingerprint density at radius 3 is 2.36 bits per heavy atom. The number of halogens is 2. The fourth-order valence-corrected chi connectivity index (χ4v) is 4.13. The maximum atomic E-state index is 14.7. The molecular weight excluding hydrogens is 330 g/mol. The minimum atomic E-state index is -0.629. The van der Waals surface area contributed by atoms with Crippen LogP contribution in [0, 0.1) is 17.0 Å². The van der Waals surface area contributed by atoms with E-state index in [-0.39, 0.29) is 29.7 Å². The molecule has 3 fully saturated rings. The molecule has 1 aromatic rings. The highest BCUT2D eigenvalue weighted by Crippen LogP contribution is 2.41. The molecule has 4 rings (SSSR count). The first-order chi connectivity index (χ1) is 12.0. The first-order valence-corrected chi connectivity index (χ1v) is 8.74. The maximum absolute atomic E-state index is 14.7. The minimum absolute atomic E-state index is 0.00375. The molecule has 3 heterocycles. The molecule has 7 heteroatoms. The summed E-state index contributed by atoms with van der Waals surface area (Å²) in [5.74, 6) is -2.17. The monoisotopic (exact) mass is 352 g/mol. The Labute approximate surface area is 145 Å². The van der Waals surface area contributed by atoms with Gasteiger partial charge in [-0.25, -0.2) is 8.78 Å². The van der Waals surface area contributed by atoms with Gasteiger partial charge in [0.05, 0.1) is 31.8 Å². The SMILES string of the molecule is O=C1NC(CO)C[C@@H]1c1cc(F)c(N2CCC3(CC2)COC3)c(F)c1. The fraction of sp³-hybridized carbons (Fsp3) is 0.611. The normalized spacial score (nSPS) is 28.1. The number of amides is 1. The molecule has 0 aliphatic carbocycles. The molecule has 3 aliphatic heterocycles. The lowest BCUT2D eigenvalue weighted by Gasteiger charge is -2.47. The number of aliphatic hydroxyl groups excluding tert-OH is 1. The van der Waals surface area contributed by atoms with Crippen LogP contribution in [0.1, 0.15) is 30.7 Å². The molecule has 1 amide bonds. The van der Waals surface area contributed by atoms with E-state index >= 15 is 0 Å². The van der Waals surface area contributed by atoms with Crippen LogP contribution in [0.15, 0.2) is 12.1 Å². The molecule has 2 N–H and O–H groups in total. The van der Waals surface area contributed by atoms with Crippen molar-refractivity contribution in [1.82, 2.24) is 5.32 Å². The highest BCUT2D eigenvalue weighted by atomic mass is 19.1. The highest BCUT2D eigenvalue weighted by Gasteiger charge is 2.42. The number of piperidine rings is 1. The predicted molar refractivity (Wildman–Crippen MR) is 87.4 cm³/mol. The summed E-state index contributed by atoms with van der Waals surface area (Å²) in [5.41, 5.74) is 0.522. The number of aliphatic hydroxyl groups is 1. The Bertz CT molecular complexity index is 660. The van der Waals surface area contributed by atoms with Gasteiger partial charge in [0.2, 0.25) is 5.91 Å². The van der Waals surface area contributed by atoms with Gasteiger partial charge in [-0.1, -0.05) is 0 Å². The molecule has 5 nitrogen and oxygen atoms in total. The topological polar surface area (TPSA) is 61.8 Å². The second-order valence-corrected chi connectivity index (χ2v) is 7.49. The van der Waals surface area contributed by atoms with Crippen LogP contribution in [-0.4, -0.2) is 50.0 Å².